The molecule has 2 aromatic carbocycles. The van der Waals surface area contributed by atoms with Gasteiger partial charge >= 0.3 is 0 Å². The Kier molecular flexibility index (Phi) is 7.90. The quantitative estimate of drug-likeness (QED) is 0.340. The van der Waals surface area contributed by atoms with Crippen LogP contribution >= 0.6 is 0 Å². The molecule has 10 heteroatoms. The van der Waals surface area contributed by atoms with E-state index >= 15 is 0 Å². The molecule has 4 rings (SSSR count). The van der Waals surface area contributed by atoms with Crippen molar-refractivity contribution in [3.05, 3.63) is 72.6 Å². The Balaban J connectivity index is 1.87. The van der Waals surface area contributed by atoms with E-state index in [-0.39, 0.29) is 18.4 Å². The number of para-hydroxylation sites is 1. The Hall–Kier alpha value is -4.47. The molecule has 0 aliphatic heterocycles. The van der Waals surface area contributed by atoms with Crippen molar-refractivity contribution in [3.63, 3.8) is 0 Å². The molecular weight excluding hydrogens is 484 g/mol. The topological polar surface area (TPSA) is 111 Å². The fourth-order valence-corrected chi connectivity index (χ4v) is 4.09. The fourth-order valence-electron chi connectivity index (χ4n) is 4.09. The molecule has 0 radical (unpaired) electrons. The van der Waals surface area contributed by atoms with Crippen molar-refractivity contribution >= 4 is 28.5 Å². The lowest BCUT2D eigenvalue weighted by Gasteiger charge is -2.35. The third-order valence-corrected chi connectivity index (χ3v) is 6.49. The second-order valence-electron chi connectivity index (χ2n) is 9.45. The number of hydrogen-bond donors (Lipinski definition) is 1. The number of nitrogens with one attached hydrogen (secondary N) is 1. The van der Waals surface area contributed by atoms with Crippen molar-refractivity contribution in [1.82, 2.24) is 25.3 Å². The summed E-state index contributed by atoms with van der Waals surface area (Å²) in [5.41, 5.74) is 1.89. The van der Waals surface area contributed by atoms with E-state index in [0.717, 1.165) is 0 Å². The number of amides is 2. The van der Waals surface area contributed by atoms with Crippen LogP contribution in [0.1, 0.15) is 38.8 Å². The largest absolute Gasteiger partial charge is 0.497 e. The highest BCUT2D eigenvalue weighted by molar-refractivity contribution is 6.02. The number of carbonyl (C=O) groups excluding carboxylic acids is 2. The van der Waals surface area contributed by atoms with Crippen LogP contribution in [0.2, 0.25) is 0 Å². The van der Waals surface area contributed by atoms with Crippen molar-refractivity contribution in [2.24, 2.45) is 0 Å². The number of ether oxygens (including phenoxy) is 2. The maximum absolute atomic E-state index is 14.2. The summed E-state index contributed by atoms with van der Waals surface area (Å²) in [5, 5.41) is 11.5. The maximum atomic E-state index is 14.2. The number of aromatic nitrogens is 4. The summed E-state index contributed by atoms with van der Waals surface area (Å²) in [4.78, 5) is 33.7. The molecule has 1 N–H and O–H groups in total. The van der Waals surface area contributed by atoms with Crippen molar-refractivity contribution in [1.29, 1.82) is 0 Å². The van der Waals surface area contributed by atoms with Gasteiger partial charge in [0.15, 0.2) is 0 Å². The van der Waals surface area contributed by atoms with Gasteiger partial charge in [-0.15, -0.1) is 5.10 Å². The second kappa shape index (κ2) is 11.3. The molecule has 0 aliphatic carbocycles. The molecule has 2 amide bonds. The predicted molar refractivity (Wildman–Crippen MR) is 144 cm³/mol. The first-order valence-electron chi connectivity index (χ1n) is 12.3. The Morgan fingerprint density at radius 1 is 1.05 bits per heavy atom. The summed E-state index contributed by atoms with van der Waals surface area (Å²) in [6.45, 7) is 5.72. The molecule has 0 saturated carbocycles. The number of benzene rings is 2. The first-order chi connectivity index (χ1) is 18.3. The minimum atomic E-state index is -1.02. The number of hydrogen-bond acceptors (Lipinski definition) is 7. The lowest BCUT2D eigenvalue weighted by atomic mass is 9.98. The van der Waals surface area contributed by atoms with Crippen LogP contribution < -0.4 is 19.7 Å². The normalized spacial score (nSPS) is 12.1. The van der Waals surface area contributed by atoms with Crippen LogP contribution in [0.5, 0.6) is 11.5 Å². The van der Waals surface area contributed by atoms with Gasteiger partial charge in [-0.3, -0.25) is 19.5 Å². The summed E-state index contributed by atoms with van der Waals surface area (Å²) < 4.78 is 12.6. The monoisotopic (exact) mass is 516 g/mol. The number of nitrogens with zero attached hydrogens (tertiary/aromatic N) is 5. The fraction of sp³-hybridized carbons (Fsp3) is 0.321. The summed E-state index contributed by atoms with van der Waals surface area (Å²) in [6, 6.07) is 14.9. The molecule has 0 spiro atoms. The first-order valence-corrected chi connectivity index (χ1v) is 12.3. The third-order valence-electron chi connectivity index (χ3n) is 6.49. The van der Waals surface area contributed by atoms with Crippen LogP contribution in [-0.4, -0.2) is 51.6 Å². The number of carbonyl (C=O) groups is 2. The van der Waals surface area contributed by atoms with E-state index in [9.17, 15) is 9.59 Å². The zero-order valence-corrected chi connectivity index (χ0v) is 22.2. The summed E-state index contributed by atoms with van der Waals surface area (Å²) >= 11 is 0. The SMILES string of the molecule is CCC(C)(C)NC(=O)[C@@H](c1ccncc1)N(C(=O)Cn1nnc2ccccc21)c1ccc(OC)cc1OC. The summed E-state index contributed by atoms with van der Waals surface area (Å²) in [6.07, 6.45) is 3.89. The van der Waals surface area contributed by atoms with E-state index in [4.69, 9.17) is 9.47 Å². The molecule has 0 bridgehead atoms. The van der Waals surface area contributed by atoms with Crippen molar-refractivity contribution in [2.75, 3.05) is 19.1 Å². The molecule has 0 unspecified atom stereocenters. The lowest BCUT2D eigenvalue weighted by Crippen LogP contribution is -2.51. The minimum absolute atomic E-state index is 0.151. The van der Waals surface area contributed by atoms with Crippen LogP contribution in [0.3, 0.4) is 0 Å². The zero-order chi connectivity index (χ0) is 27.3. The molecule has 2 heterocycles. The molecule has 10 nitrogen and oxygen atoms in total. The van der Waals surface area contributed by atoms with Gasteiger partial charge in [0.05, 0.1) is 25.4 Å². The van der Waals surface area contributed by atoms with Gasteiger partial charge in [-0.2, -0.15) is 0 Å². The summed E-state index contributed by atoms with van der Waals surface area (Å²) in [7, 11) is 3.06. The number of rotatable bonds is 10. The van der Waals surface area contributed by atoms with Gasteiger partial charge in [0.25, 0.3) is 0 Å². The maximum Gasteiger partial charge on any atom is 0.249 e. The number of methoxy groups -OCH3 is 2. The Morgan fingerprint density at radius 2 is 1.79 bits per heavy atom. The van der Waals surface area contributed by atoms with E-state index < -0.39 is 11.6 Å². The van der Waals surface area contributed by atoms with Gasteiger partial charge in [-0.1, -0.05) is 24.3 Å². The molecule has 198 valence electrons. The van der Waals surface area contributed by atoms with E-state index in [1.54, 1.807) is 49.8 Å². The first kappa shape index (κ1) is 26.6. The predicted octanol–water partition coefficient (Wildman–Crippen LogP) is 3.92. The molecule has 4 aromatic rings. The average molecular weight is 517 g/mol. The molecule has 0 fully saturated rings. The molecule has 0 aliphatic rings. The number of fused-ring (bicyclic) bond motifs is 1. The Labute approximate surface area is 221 Å². The highest BCUT2D eigenvalue weighted by atomic mass is 16.5. The molecular formula is C28H32N6O4. The van der Waals surface area contributed by atoms with Gasteiger partial charge in [0.1, 0.15) is 29.6 Å². The van der Waals surface area contributed by atoms with Crippen LogP contribution in [0, 0.1) is 0 Å². The van der Waals surface area contributed by atoms with E-state index in [0.29, 0.717) is 40.2 Å². The van der Waals surface area contributed by atoms with Crippen molar-refractivity contribution in [2.45, 2.75) is 45.3 Å². The van der Waals surface area contributed by atoms with E-state index in [1.807, 2.05) is 45.0 Å². The highest BCUT2D eigenvalue weighted by Crippen LogP contribution is 2.38. The standard InChI is InChI=1S/C28H32N6O4/c1-6-28(2,3)30-27(36)26(19-13-15-29-16-14-19)34(23-12-11-20(37-4)17-24(23)38-5)25(35)18-33-22-10-8-7-9-21(22)31-32-33/h7-17,26H,6,18H2,1-5H3,(H,30,36)/t26-/m1/s1. The van der Waals surface area contributed by atoms with Gasteiger partial charge in [0.2, 0.25) is 11.8 Å². The third kappa shape index (κ3) is 5.59. The Morgan fingerprint density at radius 3 is 2.47 bits per heavy atom. The summed E-state index contributed by atoms with van der Waals surface area (Å²) in [5.74, 6) is 0.216. The van der Waals surface area contributed by atoms with Crippen LogP contribution in [-0.2, 0) is 16.1 Å². The Bertz CT molecular complexity index is 1420. The molecule has 2 aromatic heterocycles. The van der Waals surface area contributed by atoms with Crippen molar-refractivity contribution in [3.8, 4) is 11.5 Å². The minimum Gasteiger partial charge on any atom is -0.497 e. The number of anilines is 1. The molecule has 0 saturated heterocycles. The average Bonchev–Trinajstić information content (AvgIpc) is 3.34. The smallest absolute Gasteiger partial charge is 0.249 e. The van der Waals surface area contributed by atoms with Gasteiger partial charge < -0.3 is 14.8 Å². The number of pyridine rings is 1. The van der Waals surface area contributed by atoms with Crippen LogP contribution in [0.15, 0.2) is 67.0 Å². The molecule has 38 heavy (non-hydrogen) atoms. The van der Waals surface area contributed by atoms with Gasteiger partial charge in [-0.05, 0) is 62.2 Å². The van der Waals surface area contributed by atoms with Gasteiger partial charge in [0, 0.05) is 24.0 Å². The highest BCUT2D eigenvalue weighted by Gasteiger charge is 2.36. The lowest BCUT2D eigenvalue weighted by molar-refractivity contribution is -0.128. The van der Waals surface area contributed by atoms with Gasteiger partial charge in [-0.25, -0.2) is 4.68 Å². The van der Waals surface area contributed by atoms with E-state index in [1.165, 1.54) is 16.7 Å². The second-order valence-corrected chi connectivity index (χ2v) is 9.45. The van der Waals surface area contributed by atoms with Crippen LogP contribution in [0.4, 0.5) is 5.69 Å². The zero-order valence-electron chi connectivity index (χ0n) is 22.2. The van der Waals surface area contributed by atoms with Crippen molar-refractivity contribution < 1.29 is 19.1 Å². The van der Waals surface area contributed by atoms with Crippen LogP contribution in [0.25, 0.3) is 11.0 Å². The van der Waals surface area contributed by atoms with E-state index in [2.05, 4.69) is 20.6 Å². The molecule has 1 atom stereocenters.